The van der Waals surface area contributed by atoms with Crippen LogP contribution in [0.2, 0.25) is 5.28 Å². The van der Waals surface area contributed by atoms with Gasteiger partial charge in [0.15, 0.2) is 0 Å². The fourth-order valence-electron chi connectivity index (χ4n) is 2.10. The van der Waals surface area contributed by atoms with E-state index in [-0.39, 0.29) is 11.3 Å². The predicted molar refractivity (Wildman–Crippen MR) is 68.8 cm³/mol. The number of aryl methyl sites for hydroxylation is 1. The van der Waals surface area contributed by atoms with E-state index in [9.17, 15) is 4.79 Å². The Morgan fingerprint density at radius 2 is 2.17 bits per heavy atom. The van der Waals surface area contributed by atoms with E-state index in [1.54, 1.807) is 0 Å². The van der Waals surface area contributed by atoms with Crippen LogP contribution in [0.4, 0.5) is 5.82 Å². The highest BCUT2D eigenvalue weighted by Gasteiger charge is 2.17. The van der Waals surface area contributed by atoms with E-state index < -0.39 is 0 Å². The first-order valence-electron chi connectivity index (χ1n) is 6.06. The molecular weight excluding hydrogens is 254 g/mol. The summed E-state index contributed by atoms with van der Waals surface area (Å²) in [6.45, 7) is 0.493. The highest BCUT2D eigenvalue weighted by molar-refractivity contribution is 6.28. The number of rotatable bonds is 4. The first-order chi connectivity index (χ1) is 8.70. The van der Waals surface area contributed by atoms with Crippen molar-refractivity contribution >= 4 is 23.4 Å². The van der Waals surface area contributed by atoms with Crippen molar-refractivity contribution < 1.29 is 9.53 Å². The fraction of sp³-hybridized carbons (Fsp3) is 0.583. The molecule has 0 bridgehead atoms. The smallest absolute Gasteiger partial charge is 0.307 e. The number of fused-ring (bicyclic) bond motifs is 1. The molecule has 0 spiro atoms. The number of hydrogen-bond donors (Lipinski definition) is 1. The van der Waals surface area contributed by atoms with E-state index in [1.165, 1.54) is 7.11 Å². The number of nitrogens with one attached hydrogen (secondary N) is 1. The van der Waals surface area contributed by atoms with Gasteiger partial charge in [-0.2, -0.15) is 0 Å². The first-order valence-corrected chi connectivity index (χ1v) is 6.44. The molecule has 1 aromatic heterocycles. The topological polar surface area (TPSA) is 64.1 Å². The van der Waals surface area contributed by atoms with Gasteiger partial charge in [-0.25, -0.2) is 9.97 Å². The molecule has 0 saturated heterocycles. The van der Waals surface area contributed by atoms with Gasteiger partial charge in [0.1, 0.15) is 5.82 Å². The van der Waals surface area contributed by atoms with Crippen molar-refractivity contribution in [1.29, 1.82) is 0 Å². The number of anilines is 1. The molecule has 1 N–H and O–H groups in total. The summed E-state index contributed by atoms with van der Waals surface area (Å²) in [4.78, 5) is 19.5. The van der Waals surface area contributed by atoms with Crippen molar-refractivity contribution in [2.75, 3.05) is 19.0 Å². The number of aromatic nitrogens is 2. The molecular formula is C12H16ClN3O2. The summed E-state index contributed by atoms with van der Waals surface area (Å²) in [5.41, 5.74) is 2.16. The molecule has 5 nitrogen and oxygen atoms in total. The Labute approximate surface area is 111 Å². The van der Waals surface area contributed by atoms with E-state index in [4.69, 9.17) is 11.6 Å². The molecule has 2 rings (SSSR count). The lowest BCUT2D eigenvalue weighted by molar-refractivity contribution is -0.140. The average molecular weight is 270 g/mol. The maximum atomic E-state index is 11.0. The van der Waals surface area contributed by atoms with Crippen molar-refractivity contribution in [3.63, 3.8) is 0 Å². The molecule has 1 aliphatic rings. The van der Waals surface area contributed by atoms with Crippen LogP contribution in [0, 0.1) is 0 Å². The normalized spacial score (nSPS) is 13.9. The SMILES string of the molecule is COC(=O)CCNc1nc(Cl)nc2c1CCCC2. The van der Waals surface area contributed by atoms with E-state index in [0.29, 0.717) is 13.0 Å². The van der Waals surface area contributed by atoms with Gasteiger partial charge in [-0.3, -0.25) is 4.79 Å². The Hall–Kier alpha value is -1.36. The van der Waals surface area contributed by atoms with Crippen molar-refractivity contribution in [2.45, 2.75) is 32.1 Å². The van der Waals surface area contributed by atoms with Gasteiger partial charge in [0.25, 0.3) is 0 Å². The van der Waals surface area contributed by atoms with Crippen LogP contribution in [-0.4, -0.2) is 29.6 Å². The Bertz CT molecular complexity index is 451. The summed E-state index contributed by atoms with van der Waals surface area (Å²) in [6.07, 6.45) is 4.51. The van der Waals surface area contributed by atoms with Crippen molar-refractivity contribution in [3.05, 3.63) is 16.5 Å². The lowest BCUT2D eigenvalue weighted by Crippen LogP contribution is -2.15. The van der Waals surface area contributed by atoms with Crippen LogP contribution in [0.25, 0.3) is 0 Å². The third-order valence-corrected chi connectivity index (χ3v) is 3.17. The number of hydrogen-bond acceptors (Lipinski definition) is 5. The van der Waals surface area contributed by atoms with Gasteiger partial charge in [-0.05, 0) is 37.3 Å². The molecule has 6 heteroatoms. The summed E-state index contributed by atoms with van der Waals surface area (Å²) >= 11 is 5.90. The van der Waals surface area contributed by atoms with Gasteiger partial charge in [0.2, 0.25) is 5.28 Å². The molecule has 0 aliphatic heterocycles. The van der Waals surface area contributed by atoms with Gasteiger partial charge >= 0.3 is 5.97 Å². The lowest BCUT2D eigenvalue weighted by Gasteiger charge is -2.18. The number of carbonyl (C=O) groups is 1. The van der Waals surface area contributed by atoms with Crippen LogP contribution in [-0.2, 0) is 22.4 Å². The van der Waals surface area contributed by atoms with Crippen LogP contribution in [0.5, 0.6) is 0 Å². The molecule has 1 aromatic rings. The van der Waals surface area contributed by atoms with Gasteiger partial charge < -0.3 is 10.1 Å². The third kappa shape index (κ3) is 3.10. The van der Waals surface area contributed by atoms with E-state index in [0.717, 1.165) is 42.8 Å². The average Bonchev–Trinajstić information content (AvgIpc) is 2.38. The Morgan fingerprint density at radius 1 is 1.39 bits per heavy atom. The van der Waals surface area contributed by atoms with Crippen molar-refractivity contribution in [1.82, 2.24) is 9.97 Å². The second-order valence-electron chi connectivity index (χ2n) is 4.23. The van der Waals surface area contributed by atoms with E-state index >= 15 is 0 Å². The molecule has 0 atom stereocenters. The molecule has 0 radical (unpaired) electrons. The second kappa shape index (κ2) is 6.00. The minimum Gasteiger partial charge on any atom is -0.469 e. The standard InChI is InChI=1S/C12H16ClN3O2/c1-18-10(17)6-7-14-11-8-4-2-3-5-9(8)15-12(13)16-11/h2-7H2,1H3,(H,14,15,16). The molecule has 1 heterocycles. The number of halogens is 1. The molecule has 0 saturated carbocycles. The zero-order valence-electron chi connectivity index (χ0n) is 10.3. The minimum atomic E-state index is -0.239. The van der Waals surface area contributed by atoms with Crippen molar-refractivity contribution in [2.24, 2.45) is 0 Å². The van der Waals surface area contributed by atoms with Gasteiger partial charge in [-0.15, -0.1) is 0 Å². The summed E-state index contributed by atoms with van der Waals surface area (Å²) in [6, 6.07) is 0. The Kier molecular flexibility index (Phi) is 4.36. The molecule has 18 heavy (non-hydrogen) atoms. The number of esters is 1. The monoisotopic (exact) mass is 269 g/mol. The van der Waals surface area contributed by atoms with Crippen LogP contribution in [0.3, 0.4) is 0 Å². The van der Waals surface area contributed by atoms with E-state index in [2.05, 4.69) is 20.0 Å². The second-order valence-corrected chi connectivity index (χ2v) is 4.56. The zero-order chi connectivity index (χ0) is 13.0. The highest BCUT2D eigenvalue weighted by Crippen LogP contribution is 2.26. The fourth-order valence-corrected chi connectivity index (χ4v) is 2.28. The zero-order valence-corrected chi connectivity index (χ0v) is 11.1. The predicted octanol–water partition coefficient (Wildman–Crippen LogP) is 1.98. The number of nitrogens with zero attached hydrogens (tertiary/aromatic N) is 2. The number of carbonyl (C=O) groups excluding carboxylic acids is 1. The molecule has 0 aromatic carbocycles. The Balaban J connectivity index is 2.07. The summed E-state index contributed by atoms with van der Waals surface area (Å²) in [7, 11) is 1.38. The maximum absolute atomic E-state index is 11.0. The Morgan fingerprint density at radius 3 is 2.94 bits per heavy atom. The molecule has 98 valence electrons. The van der Waals surface area contributed by atoms with Crippen LogP contribution >= 0.6 is 11.6 Å². The van der Waals surface area contributed by atoms with Gasteiger partial charge in [-0.1, -0.05) is 0 Å². The molecule has 1 aliphatic carbocycles. The lowest BCUT2D eigenvalue weighted by atomic mass is 9.96. The number of methoxy groups -OCH3 is 1. The molecule has 0 fully saturated rings. The van der Waals surface area contributed by atoms with Crippen LogP contribution in [0.15, 0.2) is 0 Å². The first kappa shape index (κ1) is 13.1. The van der Waals surface area contributed by atoms with Gasteiger partial charge in [0.05, 0.1) is 19.2 Å². The van der Waals surface area contributed by atoms with Gasteiger partial charge in [0, 0.05) is 12.1 Å². The van der Waals surface area contributed by atoms with Crippen LogP contribution in [0.1, 0.15) is 30.5 Å². The minimum absolute atomic E-state index is 0.239. The van der Waals surface area contributed by atoms with Crippen LogP contribution < -0.4 is 5.32 Å². The quantitative estimate of drug-likeness (QED) is 0.669. The molecule has 0 unspecified atom stereocenters. The summed E-state index contributed by atoms with van der Waals surface area (Å²) < 4.78 is 4.59. The largest absolute Gasteiger partial charge is 0.469 e. The molecule has 0 amide bonds. The maximum Gasteiger partial charge on any atom is 0.307 e. The summed E-state index contributed by atoms with van der Waals surface area (Å²) in [5, 5.41) is 3.40. The van der Waals surface area contributed by atoms with Crippen molar-refractivity contribution in [3.8, 4) is 0 Å². The summed E-state index contributed by atoms with van der Waals surface area (Å²) in [5.74, 6) is 0.519. The van der Waals surface area contributed by atoms with E-state index in [1.807, 2.05) is 0 Å². The third-order valence-electron chi connectivity index (χ3n) is 3.01. The highest BCUT2D eigenvalue weighted by atomic mass is 35.5. The number of ether oxygens (including phenoxy) is 1.